The Balaban J connectivity index is 2.04. The van der Waals surface area contributed by atoms with Gasteiger partial charge in [0.15, 0.2) is 12.0 Å². The van der Waals surface area contributed by atoms with E-state index >= 15 is 0 Å². The van der Waals surface area contributed by atoms with Crippen LogP contribution in [0, 0.1) is 0 Å². The third-order valence-corrected chi connectivity index (χ3v) is 2.55. The molecule has 0 saturated carbocycles. The lowest BCUT2D eigenvalue weighted by molar-refractivity contribution is 0.110. The summed E-state index contributed by atoms with van der Waals surface area (Å²) in [6.45, 7) is 1.64. The van der Waals surface area contributed by atoms with Crippen molar-refractivity contribution in [2.24, 2.45) is 0 Å². The average molecular weight is 195 g/mol. The Bertz CT molecular complexity index is 313. The van der Waals surface area contributed by atoms with E-state index in [0.29, 0.717) is 12.0 Å². The molecular weight excluding hydrogens is 182 g/mol. The number of nitrogens with zero attached hydrogens (tertiary/aromatic N) is 1. The molecule has 0 bridgehead atoms. The Morgan fingerprint density at radius 3 is 2.79 bits per heavy atom. The highest BCUT2D eigenvalue weighted by molar-refractivity contribution is 5.73. The van der Waals surface area contributed by atoms with Gasteiger partial charge >= 0.3 is 0 Å². The van der Waals surface area contributed by atoms with Gasteiger partial charge in [-0.15, -0.1) is 0 Å². The number of piperidine rings is 1. The third kappa shape index (κ3) is 1.80. The largest absolute Gasteiger partial charge is 0.459 e. The highest BCUT2D eigenvalue weighted by atomic mass is 16.3. The molecule has 4 nitrogen and oxygen atoms in total. The number of hydrogen-bond donors (Lipinski definition) is 1. The molecule has 2 heterocycles. The van der Waals surface area contributed by atoms with Gasteiger partial charge < -0.3 is 14.4 Å². The zero-order chi connectivity index (χ0) is 9.97. The molecule has 4 heteroatoms. The summed E-state index contributed by atoms with van der Waals surface area (Å²) in [6.07, 6.45) is 3.66. The summed E-state index contributed by atoms with van der Waals surface area (Å²) < 4.78 is 5.02. The number of anilines is 1. The molecule has 1 aromatic rings. The number of aldehydes is 1. The summed E-state index contributed by atoms with van der Waals surface area (Å²) in [6, 6.07) is 1.73. The van der Waals surface area contributed by atoms with Gasteiger partial charge in [0.25, 0.3) is 0 Å². The van der Waals surface area contributed by atoms with Crippen LogP contribution < -0.4 is 4.90 Å². The molecule has 14 heavy (non-hydrogen) atoms. The van der Waals surface area contributed by atoms with Crippen LogP contribution in [0.25, 0.3) is 0 Å². The Labute approximate surface area is 82.1 Å². The molecule has 0 spiro atoms. The maximum absolute atomic E-state index is 10.4. The molecule has 1 aliphatic heterocycles. The Hall–Kier alpha value is -1.29. The summed E-state index contributed by atoms with van der Waals surface area (Å²) >= 11 is 0. The molecule has 1 aliphatic rings. The van der Waals surface area contributed by atoms with Gasteiger partial charge in [0.2, 0.25) is 0 Å². The molecule has 1 fully saturated rings. The Morgan fingerprint density at radius 1 is 1.50 bits per heavy atom. The van der Waals surface area contributed by atoms with Crippen LogP contribution >= 0.6 is 0 Å². The van der Waals surface area contributed by atoms with Gasteiger partial charge in [0, 0.05) is 19.2 Å². The molecular formula is C10H13NO3. The topological polar surface area (TPSA) is 53.7 Å². The zero-order valence-electron chi connectivity index (χ0n) is 7.85. The minimum absolute atomic E-state index is 0.177. The normalized spacial score (nSPS) is 18.5. The van der Waals surface area contributed by atoms with Crippen LogP contribution in [0.2, 0.25) is 0 Å². The second-order valence-electron chi connectivity index (χ2n) is 3.54. The molecule has 2 rings (SSSR count). The highest BCUT2D eigenvalue weighted by Gasteiger charge is 2.18. The van der Waals surface area contributed by atoms with Gasteiger partial charge in [-0.1, -0.05) is 0 Å². The minimum atomic E-state index is -0.177. The standard InChI is InChI=1S/C10H13NO3/c12-6-10-5-8(7-14-10)11-3-1-9(13)2-4-11/h5-7,9,13H,1-4H2. The van der Waals surface area contributed by atoms with E-state index in [2.05, 4.69) is 4.90 Å². The fourth-order valence-corrected chi connectivity index (χ4v) is 1.69. The summed E-state index contributed by atoms with van der Waals surface area (Å²) in [5, 5.41) is 9.32. The molecule has 1 saturated heterocycles. The van der Waals surface area contributed by atoms with Crippen molar-refractivity contribution in [2.75, 3.05) is 18.0 Å². The summed E-state index contributed by atoms with van der Waals surface area (Å²) in [5.74, 6) is 0.353. The van der Waals surface area contributed by atoms with E-state index in [1.807, 2.05) is 0 Å². The van der Waals surface area contributed by atoms with E-state index in [-0.39, 0.29) is 6.10 Å². The molecule has 76 valence electrons. The van der Waals surface area contributed by atoms with Crippen molar-refractivity contribution in [3.63, 3.8) is 0 Å². The van der Waals surface area contributed by atoms with E-state index in [1.165, 1.54) is 0 Å². The van der Waals surface area contributed by atoms with Crippen molar-refractivity contribution in [1.82, 2.24) is 0 Å². The van der Waals surface area contributed by atoms with Gasteiger partial charge in [0.05, 0.1) is 11.8 Å². The van der Waals surface area contributed by atoms with E-state index in [9.17, 15) is 9.90 Å². The third-order valence-electron chi connectivity index (χ3n) is 2.55. The van der Waals surface area contributed by atoms with Crippen molar-refractivity contribution in [2.45, 2.75) is 18.9 Å². The van der Waals surface area contributed by atoms with Crippen LogP contribution in [0.1, 0.15) is 23.4 Å². The van der Waals surface area contributed by atoms with E-state index in [1.54, 1.807) is 12.3 Å². The van der Waals surface area contributed by atoms with Crippen LogP contribution in [0.15, 0.2) is 16.7 Å². The predicted molar refractivity (Wildman–Crippen MR) is 51.5 cm³/mol. The molecule has 0 unspecified atom stereocenters. The highest BCUT2D eigenvalue weighted by Crippen LogP contribution is 2.21. The molecule has 1 aromatic heterocycles. The summed E-state index contributed by atoms with van der Waals surface area (Å²) in [5.41, 5.74) is 0.930. The second-order valence-corrected chi connectivity index (χ2v) is 3.54. The van der Waals surface area contributed by atoms with Crippen LogP contribution in [0.4, 0.5) is 5.69 Å². The average Bonchev–Trinajstić information content (AvgIpc) is 2.67. The summed E-state index contributed by atoms with van der Waals surface area (Å²) in [7, 11) is 0. The molecule has 0 radical (unpaired) electrons. The lowest BCUT2D eigenvalue weighted by Gasteiger charge is -2.29. The van der Waals surface area contributed by atoms with Crippen molar-refractivity contribution in [1.29, 1.82) is 0 Å². The van der Waals surface area contributed by atoms with Gasteiger partial charge in [0.1, 0.15) is 6.26 Å². The molecule has 0 aliphatic carbocycles. The van der Waals surface area contributed by atoms with Crippen molar-refractivity contribution >= 4 is 12.0 Å². The van der Waals surface area contributed by atoms with E-state index in [4.69, 9.17) is 4.42 Å². The first-order valence-electron chi connectivity index (χ1n) is 4.76. The van der Waals surface area contributed by atoms with Crippen LogP contribution in [-0.4, -0.2) is 30.6 Å². The monoisotopic (exact) mass is 195 g/mol. The number of carbonyl (C=O) groups is 1. The zero-order valence-corrected chi connectivity index (χ0v) is 7.85. The fraction of sp³-hybridized carbons (Fsp3) is 0.500. The second kappa shape index (κ2) is 3.84. The minimum Gasteiger partial charge on any atom is -0.459 e. The first-order chi connectivity index (χ1) is 6.79. The quantitative estimate of drug-likeness (QED) is 0.717. The van der Waals surface area contributed by atoms with Crippen LogP contribution in [0.3, 0.4) is 0 Å². The maximum Gasteiger partial charge on any atom is 0.185 e. The summed E-state index contributed by atoms with van der Waals surface area (Å²) in [4.78, 5) is 12.5. The Morgan fingerprint density at radius 2 is 2.21 bits per heavy atom. The molecule has 1 N–H and O–H groups in total. The Kier molecular flexibility index (Phi) is 2.54. The van der Waals surface area contributed by atoms with Gasteiger partial charge in [-0.2, -0.15) is 0 Å². The lowest BCUT2D eigenvalue weighted by Crippen LogP contribution is -2.35. The van der Waals surface area contributed by atoms with Gasteiger partial charge in [-0.05, 0) is 12.8 Å². The molecule has 0 atom stereocenters. The fourth-order valence-electron chi connectivity index (χ4n) is 1.69. The van der Waals surface area contributed by atoms with Crippen LogP contribution in [0.5, 0.6) is 0 Å². The predicted octanol–water partition coefficient (Wildman–Crippen LogP) is 1.05. The molecule has 0 amide bonds. The van der Waals surface area contributed by atoms with Crippen molar-refractivity contribution in [3.05, 3.63) is 18.1 Å². The van der Waals surface area contributed by atoms with E-state index < -0.39 is 0 Å². The molecule has 0 aromatic carbocycles. The number of furan rings is 1. The first kappa shape index (κ1) is 9.27. The van der Waals surface area contributed by atoms with Crippen molar-refractivity contribution in [3.8, 4) is 0 Å². The van der Waals surface area contributed by atoms with Crippen molar-refractivity contribution < 1.29 is 14.3 Å². The number of aliphatic hydroxyl groups is 1. The smallest absolute Gasteiger partial charge is 0.185 e. The van der Waals surface area contributed by atoms with Gasteiger partial charge in [-0.25, -0.2) is 0 Å². The number of hydrogen-bond acceptors (Lipinski definition) is 4. The number of aliphatic hydroxyl groups excluding tert-OH is 1. The SMILES string of the molecule is O=Cc1cc(N2CCC(O)CC2)co1. The maximum atomic E-state index is 10.4. The lowest BCUT2D eigenvalue weighted by atomic mass is 10.1. The number of carbonyl (C=O) groups excluding carboxylic acids is 1. The van der Waals surface area contributed by atoms with Gasteiger partial charge in [-0.3, -0.25) is 4.79 Å². The first-order valence-corrected chi connectivity index (χ1v) is 4.76. The number of rotatable bonds is 2. The van der Waals surface area contributed by atoms with E-state index in [0.717, 1.165) is 31.6 Å². The van der Waals surface area contributed by atoms with Crippen LogP contribution in [-0.2, 0) is 0 Å².